The summed E-state index contributed by atoms with van der Waals surface area (Å²) in [6.45, 7) is 0.915. The molecule has 0 radical (unpaired) electrons. The molecule has 11 heteroatoms. The monoisotopic (exact) mass is 466 g/mol. The topological polar surface area (TPSA) is 135 Å². The van der Waals surface area contributed by atoms with Crippen LogP contribution in [0.3, 0.4) is 0 Å². The van der Waals surface area contributed by atoms with E-state index < -0.39 is 17.7 Å². The van der Waals surface area contributed by atoms with Crippen molar-refractivity contribution in [2.24, 2.45) is 0 Å². The Morgan fingerprint density at radius 1 is 1.09 bits per heavy atom. The third-order valence-corrected chi connectivity index (χ3v) is 5.10. The molecule has 3 aromatic heterocycles. The molecule has 0 saturated heterocycles. The number of pyridine rings is 1. The Hall–Kier alpha value is -4.12. The molecule has 0 aliphatic heterocycles. The Kier molecular flexibility index (Phi) is 7.23. The number of halogens is 1. The average Bonchev–Trinajstić information content (AvgIpc) is 3.43. The number of hydrogen-bond acceptors (Lipinski definition) is 7. The standard InChI is InChI=1S/C23H23FN6O4/c24-15-4-3-9-26-17(15)12-27-23(33)18-14-34-21(29-18)8-11-25-10-7-20-28-16-5-1-2-6-19(16)30(20)13-22(31)32/h1-6,9,14,25H,7-8,10-13H2,(H,27,33)(H,31,32). The van der Waals surface area contributed by atoms with Crippen LogP contribution in [0.5, 0.6) is 0 Å². The number of imidazole rings is 1. The van der Waals surface area contributed by atoms with Gasteiger partial charge in [0, 0.05) is 32.1 Å². The van der Waals surface area contributed by atoms with E-state index in [0.29, 0.717) is 37.6 Å². The van der Waals surface area contributed by atoms with Crippen LogP contribution >= 0.6 is 0 Å². The highest BCUT2D eigenvalue weighted by Gasteiger charge is 2.14. The van der Waals surface area contributed by atoms with Crippen LogP contribution in [0.25, 0.3) is 11.0 Å². The first kappa shape index (κ1) is 23.1. The van der Waals surface area contributed by atoms with Gasteiger partial charge in [-0.2, -0.15) is 0 Å². The van der Waals surface area contributed by atoms with Crippen molar-refractivity contribution in [3.8, 4) is 0 Å². The minimum atomic E-state index is -0.925. The van der Waals surface area contributed by atoms with Gasteiger partial charge in [-0.3, -0.25) is 14.6 Å². The molecule has 176 valence electrons. The van der Waals surface area contributed by atoms with Crippen LogP contribution in [-0.4, -0.2) is 49.6 Å². The molecule has 0 saturated carbocycles. The molecular weight excluding hydrogens is 443 g/mol. The lowest BCUT2D eigenvalue weighted by molar-refractivity contribution is -0.137. The Morgan fingerprint density at radius 3 is 2.74 bits per heavy atom. The molecule has 0 unspecified atom stereocenters. The van der Waals surface area contributed by atoms with Crippen molar-refractivity contribution in [3.05, 3.63) is 77.8 Å². The zero-order valence-corrected chi connectivity index (χ0v) is 18.2. The highest BCUT2D eigenvalue weighted by Crippen LogP contribution is 2.16. The number of fused-ring (bicyclic) bond motifs is 1. The number of amides is 1. The first-order chi connectivity index (χ1) is 16.5. The van der Waals surface area contributed by atoms with Crippen molar-refractivity contribution < 1.29 is 23.5 Å². The van der Waals surface area contributed by atoms with Crippen LogP contribution in [0.1, 0.15) is 27.9 Å². The Morgan fingerprint density at radius 2 is 1.91 bits per heavy atom. The number of carboxylic acids is 1. The number of carboxylic acid groups (broad SMARTS) is 1. The van der Waals surface area contributed by atoms with E-state index in [1.165, 1.54) is 24.6 Å². The summed E-state index contributed by atoms with van der Waals surface area (Å²) >= 11 is 0. The fourth-order valence-corrected chi connectivity index (χ4v) is 3.48. The van der Waals surface area contributed by atoms with E-state index in [2.05, 4.69) is 25.6 Å². The Balaban J connectivity index is 1.24. The van der Waals surface area contributed by atoms with E-state index in [4.69, 9.17) is 4.42 Å². The van der Waals surface area contributed by atoms with Gasteiger partial charge in [0.15, 0.2) is 11.6 Å². The highest BCUT2D eigenvalue weighted by atomic mass is 19.1. The van der Waals surface area contributed by atoms with Gasteiger partial charge in [-0.1, -0.05) is 12.1 Å². The number of hydrogen-bond donors (Lipinski definition) is 3. The quantitative estimate of drug-likeness (QED) is 0.286. The van der Waals surface area contributed by atoms with Gasteiger partial charge in [0.1, 0.15) is 24.4 Å². The predicted molar refractivity (Wildman–Crippen MR) is 120 cm³/mol. The first-order valence-electron chi connectivity index (χ1n) is 10.7. The lowest BCUT2D eigenvalue weighted by Crippen LogP contribution is -2.24. The van der Waals surface area contributed by atoms with Crippen LogP contribution in [0.4, 0.5) is 4.39 Å². The van der Waals surface area contributed by atoms with E-state index in [1.807, 2.05) is 24.3 Å². The van der Waals surface area contributed by atoms with Crippen molar-refractivity contribution in [2.75, 3.05) is 13.1 Å². The molecule has 4 aromatic rings. The zero-order chi connectivity index (χ0) is 23.9. The summed E-state index contributed by atoms with van der Waals surface area (Å²) in [5.74, 6) is -0.819. The maximum absolute atomic E-state index is 13.6. The Bertz CT molecular complexity index is 1300. The summed E-state index contributed by atoms with van der Waals surface area (Å²) in [5.41, 5.74) is 1.79. The number of nitrogens with one attached hydrogen (secondary N) is 2. The normalized spacial score (nSPS) is 11.1. The number of carbonyl (C=O) groups excluding carboxylic acids is 1. The van der Waals surface area contributed by atoms with Gasteiger partial charge in [-0.15, -0.1) is 0 Å². The number of oxazole rings is 1. The van der Waals surface area contributed by atoms with E-state index in [-0.39, 0.29) is 24.5 Å². The summed E-state index contributed by atoms with van der Waals surface area (Å²) in [6.07, 6.45) is 3.71. The third kappa shape index (κ3) is 5.62. The number of aliphatic carboxylic acids is 1. The first-order valence-corrected chi connectivity index (χ1v) is 10.7. The van der Waals surface area contributed by atoms with E-state index in [0.717, 1.165) is 11.0 Å². The fraction of sp³-hybridized carbons (Fsp3) is 0.261. The molecule has 34 heavy (non-hydrogen) atoms. The molecule has 10 nitrogen and oxygen atoms in total. The van der Waals surface area contributed by atoms with Gasteiger partial charge in [0.05, 0.1) is 23.3 Å². The SMILES string of the molecule is O=C(O)Cn1c(CCNCCc2nc(C(=O)NCc3ncccc3F)co2)nc2ccccc21. The second-order valence-electron chi connectivity index (χ2n) is 7.49. The van der Waals surface area contributed by atoms with Gasteiger partial charge >= 0.3 is 5.97 Å². The molecule has 1 amide bonds. The van der Waals surface area contributed by atoms with Crippen molar-refractivity contribution in [3.63, 3.8) is 0 Å². The lowest BCUT2D eigenvalue weighted by Gasteiger charge is -2.07. The minimum Gasteiger partial charge on any atom is -0.480 e. The summed E-state index contributed by atoms with van der Waals surface area (Å²) in [6, 6.07) is 10.2. The Labute approximate surface area is 193 Å². The lowest BCUT2D eigenvalue weighted by atomic mass is 10.3. The molecule has 1 aromatic carbocycles. The molecule has 0 atom stereocenters. The molecule has 3 N–H and O–H groups in total. The maximum atomic E-state index is 13.6. The van der Waals surface area contributed by atoms with Crippen LogP contribution in [0.2, 0.25) is 0 Å². The smallest absolute Gasteiger partial charge is 0.323 e. The van der Waals surface area contributed by atoms with Crippen molar-refractivity contribution in [1.29, 1.82) is 0 Å². The largest absolute Gasteiger partial charge is 0.480 e. The van der Waals surface area contributed by atoms with E-state index in [1.54, 1.807) is 4.57 Å². The van der Waals surface area contributed by atoms with Gasteiger partial charge in [0.25, 0.3) is 5.91 Å². The van der Waals surface area contributed by atoms with Gasteiger partial charge < -0.3 is 24.7 Å². The summed E-state index contributed by atoms with van der Waals surface area (Å²) in [7, 11) is 0. The summed E-state index contributed by atoms with van der Waals surface area (Å²) < 4.78 is 20.7. The van der Waals surface area contributed by atoms with E-state index in [9.17, 15) is 19.1 Å². The molecule has 0 aliphatic carbocycles. The van der Waals surface area contributed by atoms with Gasteiger partial charge in [-0.05, 0) is 24.3 Å². The van der Waals surface area contributed by atoms with E-state index >= 15 is 0 Å². The van der Waals surface area contributed by atoms with Gasteiger partial charge in [-0.25, -0.2) is 14.4 Å². The van der Waals surface area contributed by atoms with Crippen molar-refractivity contribution in [1.82, 2.24) is 30.2 Å². The second kappa shape index (κ2) is 10.7. The molecule has 0 aliphatic rings. The number of rotatable bonds is 11. The summed E-state index contributed by atoms with van der Waals surface area (Å²) in [5, 5.41) is 15.0. The van der Waals surface area contributed by atoms with Crippen LogP contribution in [-0.2, 0) is 30.7 Å². The van der Waals surface area contributed by atoms with Gasteiger partial charge in [0.2, 0.25) is 0 Å². The van der Waals surface area contributed by atoms with Crippen LogP contribution in [0, 0.1) is 5.82 Å². The molecule has 4 rings (SSSR count). The average molecular weight is 466 g/mol. The number of nitrogens with zero attached hydrogens (tertiary/aromatic N) is 4. The third-order valence-electron chi connectivity index (χ3n) is 5.10. The fourth-order valence-electron chi connectivity index (χ4n) is 3.48. The zero-order valence-electron chi connectivity index (χ0n) is 18.2. The number of carbonyl (C=O) groups is 2. The maximum Gasteiger partial charge on any atom is 0.323 e. The number of para-hydroxylation sites is 2. The van der Waals surface area contributed by atoms with Crippen molar-refractivity contribution >= 4 is 22.9 Å². The second-order valence-corrected chi connectivity index (χ2v) is 7.49. The molecule has 3 heterocycles. The summed E-state index contributed by atoms with van der Waals surface area (Å²) in [4.78, 5) is 36.0. The van der Waals surface area contributed by atoms with Crippen molar-refractivity contribution in [2.45, 2.75) is 25.9 Å². The number of benzene rings is 1. The number of aromatic nitrogens is 4. The highest BCUT2D eigenvalue weighted by molar-refractivity contribution is 5.91. The molecule has 0 fully saturated rings. The molecule has 0 spiro atoms. The minimum absolute atomic E-state index is 0.0537. The molecule has 0 bridgehead atoms. The predicted octanol–water partition coefficient (Wildman–Crippen LogP) is 1.95. The molecular formula is C23H23FN6O4. The van der Waals surface area contributed by atoms with Crippen LogP contribution < -0.4 is 10.6 Å². The van der Waals surface area contributed by atoms with Crippen LogP contribution in [0.15, 0.2) is 53.3 Å².